The van der Waals surface area contributed by atoms with Crippen LogP contribution in [0.3, 0.4) is 0 Å². The zero-order valence-electron chi connectivity index (χ0n) is 15.1. The minimum atomic E-state index is -0.856. The summed E-state index contributed by atoms with van der Waals surface area (Å²) in [6, 6.07) is 6.09. The van der Waals surface area contributed by atoms with E-state index in [4.69, 9.17) is 4.74 Å². The van der Waals surface area contributed by atoms with Gasteiger partial charge in [-0.15, -0.1) is 0 Å². The van der Waals surface area contributed by atoms with Crippen LogP contribution < -0.4 is 15.4 Å². The molecule has 0 spiro atoms. The monoisotopic (exact) mass is 371 g/mol. The SMILES string of the molecule is COc1ccc(CCN2C(=O)N[C@H](CC(=O)Nc3cnn(C)c3)C2=O)cc1. The van der Waals surface area contributed by atoms with Gasteiger partial charge in [0.25, 0.3) is 5.91 Å². The highest BCUT2D eigenvalue weighted by Gasteiger charge is 2.38. The number of rotatable bonds is 7. The highest BCUT2D eigenvalue weighted by atomic mass is 16.5. The van der Waals surface area contributed by atoms with Crippen molar-refractivity contribution in [3.63, 3.8) is 0 Å². The smallest absolute Gasteiger partial charge is 0.324 e. The molecule has 2 heterocycles. The second-order valence-electron chi connectivity index (χ2n) is 6.25. The summed E-state index contributed by atoms with van der Waals surface area (Å²) >= 11 is 0. The number of amides is 4. The quantitative estimate of drug-likeness (QED) is 0.704. The van der Waals surface area contributed by atoms with E-state index in [0.717, 1.165) is 16.2 Å². The Morgan fingerprint density at radius 1 is 1.30 bits per heavy atom. The number of hydrogen-bond acceptors (Lipinski definition) is 5. The molecule has 1 fully saturated rings. The number of methoxy groups -OCH3 is 1. The first-order valence-electron chi connectivity index (χ1n) is 8.49. The lowest BCUT2D eigenvalue weighted by Crippen LogP contribution is -2.34. The molecule has 1 saturated heterocycles. The molecule has 2 aromatic rings. The van der Waals surface area contributed by atoms with E-state index < -0.39 is 18.0 Å². The number of hydrogen-bond donors (Lipinski definition) is 2. The summed E-state index contributed by atoms with van der Waals surface area (Å²) in [6.07, 6.45) is 3.55. The number of carbonyl (C=O) groups excluding carboxylic acids is 3. The third kappa shape index (κ3) is 4.43. The molecule has 0 bridgehead atoms. The van der Waals surface area contributed by atoms with Gasteiger partial charge >= 0.3 is 6.03 Å². The van der Waals surface area contributed by atoms with Gasteiger partial charge in [-0.3, -0.25) is 19.2 Å². The molecule has 0 unspecified atom stereocenters. The van der Waals surface area contributed by atoms with Crippen molar-refractivity contribution in [1.29, 1.82) is 0 Å². The number of carbonyl (C=O) groups is 3. The van der Waals surface area contributed by atoms with Crippen LogP contribution in [-0.4, -0.2) is 52.2 Å². The Morgan fingerprint density at radius 3 is 2.67 bits per heavy atom. The second-order valence-corrected chi connectivity index (χ2v) is 6.25. The lowest BCUT2D eigenvalue weighted by Gasteiger charge is -2.13. The van der Waals surface area contributed by atoms with E-state index in [2.05, 4.69) is 15.7 Å². The van der Waals surface area contributed by atoms with Crippen molar-refractivity contribution in [1.82, 2.24) is 20.0 Å². The zero-order valence-corrected chi connectivity index (χ0v) is 15.1. The molecule has 142 valence electrons. The molecule has 0 aliphatic carbocycles. The topological polar surface area (TPSA) is 106 Å². The molecule has 9 heteroatoms. The van der Waals surface area contributed by atoms with Crippen LogP contribution in [0, 0.1) is 0 Å². The summed E-state index contributed by atoms with van der Waals surface area (Å²) in [7, 11) is 3.32. The number of ether oxygens (including phenoxy) is 1. The van der Waals surface area contributed by atoms with Gasteiger partial charge in [0.2, 0.25) is 5.91 Å². The number of anilines is 1. The average molecular weight is 371 g/mol. The van der Waals surface area contributed by atoms with Gasteiger partial charge in [0.05, 0.1) is 25.4 Å². The molecule has 1 aromatic heterocycles. The van der Waals surface area contributed by atoms with E-state index in [1.807, 2.05) is 24.3 Å². The Hall–Kier alpha value is -3.36. The lowest BCUT2D eigenvalue weighted by molar-refractivity contribution is -0.129. The molecule has 4 amide bonds. The lowest BCUT2D eigenvalue weighted by atomic mass is 10.1. The molecule has 0 radical (unpaired) electrons. The first kappa shape index (κ1) is 18.4. The Labute approximate surface area is 156 Å². The van der Waals surface area contributed by atoms with Crippen LogP contribution in [0.4, 0.5) is 10.5 Å². The van der Waals surface area contributed by atoms with Crippen molar-refractivity contribution in [3.8, 4) is 5.75 Å². The summed E-state index contributed by atoms with van der Waals surface area (Å²) in [5.41, 5.74) is 1.52. The molecule has 3 rings (SSSR count). The maximum absolute atomic E-state index is 12.5. The zero-order chi connectivity index (χ0) is 19.4. The van der Waals surface area contributed by atoms with E-state index in [1.165, 1.54) is 6.20 Å². The summed E-state index contributed by atoms with van der Waals surface area (Å²) in [6.45, 7) is 0.248. The second kappa shape index (κ2) is 7.90. The standard InChI is InChI=1S/C18H21N5O4/c1-22-11-13(10-19-22)20-16(24)9-15-17(25)23(18(26)21-15)8-7-12-3-5-14(27-2)6-4-12/h3-6,10-11,15H,7-9H2,1-2H3,(H,20,24)(H,21,26)/t15-/m1/s1. The number of nitrogens with one attached hydrogen (secondary N) is 2. The number of imide groups is 1. The predicted molar refractivity (Wildman–Crippen MR) is 97.2 cm³/mol. The number of nitrogens with zero attached hydrogens (tertiary/aromatic N) is 3. The van der Waals surface area contributed by atoms with Crippen molar-refractivity contribution in [2.24, 2.45) is 7.05 Å². The number of aromatic nitrogens is 2. The van der Waals surface area contributed by atoms with Gasteiger partial charge in [-0.05, 0) is 24.1 Å². The van der Waals surface area contributed by atoms with Crippen molar-refractivity contribution in [3.05, 3.63) is 42.2 Å². The molecule has 9 nitrogen and oxygen atoms in total. The van der Waals surface area contributed by atoms with Crippen LogP contribution in [0.5, 0.6) is 5.75 Å². The van der Waals surface area contributed by atoms with E-state index >= 15 is 0 Å². The fraction of sp³-hybridized carbons (Fsp3) is 0.333. The average Bonchev–Trinajstić information content (AvgIpc) is 3.16. The minimum absolute atomic E-state index is 0.126. The van der Waals surface area contributed by atoms with E-state index in [9.17, 15) is 14.4 Å². The van der Waals surface area contributed by atoms with Crippen molar-refractivity contribution in [2.45, 2.75) is 18.9 Å². The Morgan fingerprint density at radius 2 is 2.04 bits per heavy atom. The normalized spacial score (nSPS) is 16.4. The van der Waals surface area contributed by atoms with Gasteiger partial charge in [-0.25, -0.2) is 4.79 Å². The highest BCUT2D eigenvalue weighted by molar-refractivity contribution is 6.06. The Bertz CT molecular complexity index is 846. The van der Waals surface area contributed by atoms with Crippen LogP contribution in [0.1, 0.15) is 12.0 Å². The van der Waals surface area contributed by atoms with Gasteiger partial charge in [-0.1, -0.05) is 12.1 Å². The summed E-state index contributed by atoms with van der Waals surface area (Å²) in [5.74, 6) is -0.0121. The molecular weight excluding hydrogens is 350 g/mol. The number of urea groups is 1. The van der Waals surface area contributed by atoms with Crippen LogP contribution >= 0.6 is 0 Å². The maximum atomic E-state index is 12.5. The Balaban J connectivity index is 1.53. The van der Waals surface area contributed by atoms with Crippen molar-refractivity contribution < 1.29 is 19.1 Å². The molecule has 1 atom stereocenters. The fourth-order valence-electron chi connectivity index (χ4n) is 2.84. The van der Waals surface area contributed by atoms with Crippen LogP contribution in [-0.2, 0) is 23.1 Å². The van der Waals surface area contributed by atoms with Gasteiger partial charge in [0.15, 0.2) is 0 Å². The summed E-state index contributed by atoms with van der Waals surface area (Å²) in [5, 5.41) is 9.17. The van der Waals surface area contributed by atoms with Crippen LogP contribution in [0.2, 0.25) is 0 Å². The summed E-state index contributed by atoms with van der Waals surface area (Å²) in [4.78, 5) is 37.8. The van der Waals surface area contributed by atoms with Crippen molar-refractivity contribution >= 4 is 23.5 Å². The van der Waals surface area contributed by atoms with Gasteiger partial charge in [0.1, 0.15) is 11.8 Å². The highest BCUT2D eigenvalue weighted by Crippen LogP contribution is 2.15. The van der Waals surface area contributed by atoms with E-state index in [-0.39, 0.29) is 18.9 Å². The number of aryl methyl sites for hydroxylation is 1. The van der Waals surface area contributed by atoms with Gasteiger partial charge in [0, 0.05) is 19.8 Å². The molecule has 0 saturated carbocycles. The van der Waals surface area contributed by atoms with Crippen molar-refractivity contribution in [2.75, 3.05) is 19.0 Å². The molecule has 27 heavy (non-hydrogen) atoms. The predicted octanol–water partition coefficient (Wildman–Crippen LogP) is 0.920. The minimum Gasteiger partial charge on any atom is -0.497 e. The van der Waals surface area contributed by atoms with Crippen LogP contribution in [0.15, 0.2) is 36.7 Å². The van der Waals surface area contributed by atoms with Crippen LogP contribution in [0.25, 0.3) is 0 Å². The van der Waals surface area contributed by atoms with Gasteiger partial charge < -0.3 is 15.4 Å². The summed E-state index contributed by atoms with van der Waals surface area (Å²) < 4.78 is 6.66. The first-order chi connectivity index (χ1) is 13.0. The van der Waals surface area contributed by atoms with E-state index in [1.54, 1.807) is 25.0 Å². The first-order valence-corrected chi connectivity index (χ1v) is 8.49. The van der Waals surface area contributed by atoms with E-state index in [0.29, 0.717) is 12.1 Å². The largest absolute Gasteiger partial charge is 0.497 e. The molecule has 2 N–H and O–H groups in total. The number of benzene rings is 1. The maximum Gasteiger partial charge on any atom is 0.324 e. The molecular formula is C18H21N5O4. The third-order valence-corrected chi connectivity index (χ3v) is 4.27. The van der Waals surface area contributed by atoms with Gasteiger partial charge in [-0.2, -0.15) is 5.10 Å². The Kier molecular flexibility index (Phi) is 5.39. The fourth-order valence-corrected chi connectivity index (χ4v) is 2.84. The molecule has 1 aliphatic heterocycles. The molecule has 1 aliphatic rings. The third-order valence-electron chi connectivity index (χ3n) is 4.27. The molecule has 1 aromatic carbocycles.